The molecule has 0 aromatic rings. The Morgan fingerprint density at radius 1 is 1.14 bits per heavy atom. The zero-order valence-corrected chi connectivity index (χ0v) is 13.2. The van der Waals surface area contributed by atoms with Crippen LogP contribution in [0.2, 0.25) is 0 Å². The summed E-state index contributed by atoms with van der Waals surface area (Å²) in [6.07, 6.45) is 12.6. The van der Waals surface area contributed by atoms with Crippen molar-refractivity contribution in [2.45, 2.75) is 51.9 Å². The lowest BCUT2D eigenvalue weighted by Crippen LogP contribution is -2.10. The first-order valence-corrected chi connectivity index (χ1v) is 7.74. The fourth-order valence-corrected chi connectivity index (χ4v) is 2.83. The molecule has 0 N–H and O–H groups in total. The lowest BCUT2D eigenvalue weighted by molar-refractivity contribution is -0.136. The van der Waals surface area contributed by atoms with Crippen LogP contribution in [0.5, 0.6) is 0 Å². The molecule has 0 unspecified atom stereocenters. The minimum absolute atomic E-state index is 0.305. The number of esters is 1. The van der Waals surface area contributed by atoms with Crippen molar-refractivity contribution in [1.82, 2.24) is 0 Å². The molecule has 116 valence electrons. The van der Waals surface area contributed by atoms with E-state index < -0.39 is 5.97 Å². The summed E-state index contributed by atoms with van der Waals surface area (Å²) in [5, 5.41) is 0. The number of carbonyl (C=O) groups is 2. The molecule has 1 fully saturated rings. The molecule has 0 aliphatic heterocycles. The first-order chi connectivity index (χ1) is 10.1. The van der Waals surface area contributed by atoms with Crippen LogP contribution in [-0.4, -0.2) is 19.4 Å². The summed E-state index contributed by atoms with van der Waals surface area (Å²) in [5.74, 6) is -0.0719. The molecule has 0 amide bonds. The van der Waals surface area contributed by atoms with E-state index in [0.717, 1.165) is 18.4 Å². The molecule has 1 aliphatic rings. The van der Waals surface area contributed by atoms with E-state index in [1.807, 2.05) is 0 Å². The van der Waals surface area contributed by atoms with Crippen LogP contribution in [0.25, 0.3) is 0 Å². The van der Waals surface area contributed by atoms with Gasteiger partial charge in [0.15, 0.2) is 6.29 Å². The van der Waals surface area contributed by atoms with Crippen molar-refractivity contribution in [1.29, 1.82) is 0 Å². The van der Waals surface area contributed by atoms with Crippen molar-refractivity contribution >= 4 is 12.3 Å². The maximum Gasteiger partial charge on any atom is 0.338 e. The third-order valence-corrected chi connectivity index (χ3v) is 4.10. The first kappa shape index (κ1) is 17.4. The summed E-state index contributed by atoms with van der Waals surface area (Å²) >= 11 is 0. The predicted octanol–water partition coefficient (Wildman–Crippen LogP) is 4.15. The molecule has 0 spiro atoms. The highest BCUT2D eigenvalue weighted by molar-refractivity contribution is 6.02. The highest BCUT2D eigenvalue weighted by Gasteiger charge is 2.17. The Balaban J connectivity index is 2.87. The van der Waals surface area contributed by atoms with Crippen molar-refractivity contribution < 1.29 is 14.3 Å². The molecule has 1 aliphatic carbocycles. The number of ether oxygens (including phenoxy) is 1. The molecule has 1 rings (SSSR count). The number of rotatable bonds is 5. The van der Waals surface area contributed by atoms with Crippen LogP contribution in [0.1, 0.15) is 51.9 Å². The summed E-state index contributed by atoms with van der Waals surface area (Å²) in [4.78, 5) is 23.0. The second kappa shape index (κ2) is 9.32. The number of hydrogen-bond donors (Lipinski definition) is 0. The van der Waals surface area contributed by atoms with Gasteiger partial charge in [0.1, 0.15) is 0 Å². The van der Waals surface area contributed by atoms with E-state index in [1.165, 1.54) is 39.2 Å². The SMILES string of the molecule is C=C(/C=C(C=O)\C(=C/C)C(=O)OC)C1CCCCCCC1. The van der Waals surface area contributed by atoms with Gasteiger partial charge in [-0.1, -0.05) is 50.3 Å². The maximum atomic E-state index is 11.7. The number of allylic oxidation sites excluding steroid dienone is 3. The van der Waals surface area contributed by atoms with E-state index in [2.05, 4.69) is 6.58 Å². The molecule has 3 heteroatoms. The van der Waals surface area contributed by atoms with Crippen molar-refractivity contribution in [3.63, 3.8) is 0 Å². The van der Waals surface area contributed by atoms with Gasteiger partial charge >= 0.3 is 5.97 Å². The highest BCUT2D eigenvalue weighted by Crippen LogP contribution is 2.29. The predicted molar refractivity (Wildman–Crippen MR) is 84.9 cm³/mol. The highest BCUT2D eigenvalue weighted by atomic mass is 16.5. The third-order valence-electron chi connectivity index (χ3n) is 4.10. The van der Waals surface area contributed by atoms with Gasteiger partial charge < -0.3 is 4.74 Å². The fraction of sp³-hybridized carbons (Fsp3) is 0.556. The minimum Gasteiger partial charge on any atom is -0.465 e. The lowest BCUT2D eigenvalue weighted by Gasteiger charge is -2.20. The molecule has 0 atom stereocenters. The molecule has 0 saturated heterocycles. The van der Waals surface area contributed by atoms with Crippen molar-refractivity contribution in [2.24, 2.45) is 5.92 Å². The molecule has 0 radical (unpaired) electrons. The summed E-state index contributed by atoms with van der Waals surface area (Å²) in [6, 6.07) is 0. The van der Waals surface area contributed by atoms with Crippen molar-refractivity contribution in [3.05, 3.63) is 35.5 Å². The largest absolute Gasteiger partial charge is 0.465 e. The minimum atomic E-state index is -0.485. The van der Waals surface area contributed by atoms with Crippen molar-refractivity contribution in [3.8, 4) is 0 Å². The number of carbonyl (C=O) groups excluding carboxylic acids is 2. The lowest BCUT2D eigenvalue weighted by atomic mass is 9.85. The van der Waals surface area contributed by atoms with Gasteiger partial charge in [-0.2, -0.15) is 0 Å². The van der Waals surface area contributed by atoms with Gasteiger partial charge in [-0.05, 0) is 31.8 Å². The smallest absolute Gasteiger partial charge is 0.338 e. The first-order valence-electron chi connectivity index (χ1n) is 7.74. The Hall–Kier alpha value is -1.64. The van der Waals surface area contributed by atoms with E-state index in [0.29, 0.717) is 23.4 Å². The monoisotopic (exact) mass is 290 g/mol. The normalized spacial score (nSPS) is 18.6. The Labute approximate surface area is 127 Å². The van der Waals surface area contributed by atoms with Crippen LogP contribution in [0.4, 0.5) is 0 Å². The van der Waals surface area contributed by atoms with Crippen LogP contribution >= 0.6 is 0 Å². The zero-order valence-electron chi connectivity index (χ0n) is 13.2. The average Bonchev–Trinajstić information content (AvgIpc) is 2.45. The Morgan fingerprint density at radius 3 is 2.19 bits per heavy atom. The van der Waals surface area contributed by atoms with Crippen LogP contribution in [0.15, 0.2) is 35.5 Å². The fourth-order valence-electron chi connectivity index (χ4n) is 2.83. The van der Waals surface area contributed by atoms with Gasteiger partial charge in [-0.3, -0.25) is 4.79 Å². The topological polar surface area (TPSA) is 43.4 Å². The number of methoxy groups -OCH3 is 1. The number of hydrogen-bond acceptors (Lipinski definition) is 3. The molecular weight excluding hydrogens is 264 g/mol. The molecule has 0 bridgehead atoms. The van der Waals surface area contributed by atoms with E-state index in [-0.39, 0.29) is 0 Å². The molecule has 21 heavy (non-hydrogen) atoms. The molecule has 0 heterocycles. The third kappa shape index (κ3) is 5.33. The van der Waals surface area contributed by atoms with E-state index in [1.54, 1.807) is 19.1 Å². The second-order valence-corrected chi connectivity index (χ2v) is 5.53. The maximum absolute atomic E-state index is 11.7. The summed E-state index contributed by atoms with van der Waals surface area (Å²) in [7, 11) is 1.32. The summed E-state index contributed by atoms with van der Waals surface area (Å²) in [6.45, 7) is 5.85. The van der Waals surface area contributed by atoms with Gasteiger partial charge in [0, 0.05) is 5.57 Å². The second-order valence-electron chi connectivity index (χ2n) is 5.53. The van der Waals surface area contributed by atoms with E-state index >= 15 is 0 Å². The van der Waals surface area contributed by atoms with Gasteiger partial charge in [-0.25, -0.2) is 4.79 Å². The summed E-state index contributed by atoms with van der Waals surface area (Å²) in [5.41, 5.74) is 1.61. The van der Waals surface area contributed by atoms with Gasteiger partial charge in [0.2, 0.25) is 0 Å². The number of aldehydes is 1. The van der Waals surface area contributed by atoms with Crippen molar-refractivity contribution in [2.75, 3.05) is 7.11 Å². The van der Waals surface area contributed by atoms with Crippen LogP contribution in [-0.2, 0) is 14.3 Å². The molecule has 0 aromatic heterocycles. The Morgan fingerprint density at radius 2 is 1.71 bits per heavy atom. The molecule has 3 nitrogen and oxygen atoms in total. The van der Waals surface area contributed by atoms with Crippen LogP contribution in [0, 0.1) is 5.92 Å². The summed E-state index contributed by atoms with van der Waals surface area (Å²) < 4.78 is 4.71. The molecular formula is C18H26O3. The Bertz CT molecular complexity index is 435. The average molecular weight is 290 g/mol. The standard InChI is InChI=1S/C18H26O3/c1-4-17(18(20)21-3)16(13-19)12-14(2)15-10-8-6-5-7-9-11-15/h4,12-13,15H,2,5-11H2,1,3H3/b16-12-,17-4+. The zero-order chi connectivity index (χ0) is 15.7. The van der Waals surface area contributed by atoms with Crippen LogP contribution in [0.3, 0.4) is 0 Å². The molecule has 0 aromatic carbocycles. The molecule has 1 saturated carbocycles. The van der Waals surface area contributed by atoms with E-state index in [9.17, 15) is 9.59 Å². The van der Waals surface area contributed by atoms with E-state index in [4.69, 9.17) is 4.74 Å². The quantitative estimate of drug-likeness (QED) is 0.331. The van der Waals surface area contributed by atoms with Gasteiger partial charge in [0.25, 0.3) is 0 Å². The van der Waals surface area contributed by atoms with Gasteiger partial charge in [0.05, 0.1) is 12.7 Å². The Kier molecular flexibility index (Phi) is 7.73. The van der Waals surface area contributed by atoms with Crippen LogP contribution < -0.4 is 0 Å². The van der Waals surface area contributed by atoms with Gasteiger partial charge in [-0.15, -0.1) is 0 Å².